The number of rotatable bonds is 2. The fourth-order valence-electron chi connectivity index (χ4n) is 2.36. The molecule has 0 aliphatic carbocycles. The standard InChI is InChI=1S/C12H17N/c1-9(2)12(10(3)13-12)11-7-5-4-6-8-11/h4-10,13H,1-3H3/t10-,12-/m0/s1. The number of nitrogens with one attached hydrogen (secondary N) is 1. The van der Waals surface area contributed by atoms with Crippen molar-refractivity contribution in [2.24, 2.45) is 5.92 Å². The summed E-state index contributed by atoms with van der Waals surface area (Å²) in [4.78, 5) is 0. The minimum Gasteiger partial charge on any atom is -0.301 e. The highest BCUT2D eigenvalue weighted by Crippen LogP contribution is 2.43. The van der Waals surface area contributed by atoms with E-state index in [1.807, 2.05) is 0 Å². The Labute approximate surface area is 80.2 Å². The van der Waals surface area contributed by atoms with E-state index in [9.17, 15) is 0 Å². The first-order valence-electron chi connectivity index (χ1n) is 5.01. The predicted molar refractivity (Wildman–Crippen MR) is 55.6 cm³/mol. The van der Waals surface area contributed by atoms with Crippen LogP contribution in [-0.4, -0.2) is 6.04 Å². The van der Waals surface area contributed by atoms with Gasteiger partial charge in [-0.15, -0.1) is 0 Å². The van der Waals surface area contributed by atoms with Crippen LogP contribution in [0.1, 0.15) is 26.3 Å². The van der Waals surface area contributed by atoms with Gasteiger partial charge >= 0.3 is 0 Å². The Kier molecular flexibility index (Phi) is 1.92. The lowest BCUT2D eigenvalue weighted by molar-refractivity contribution is 0.457. The minimum absolute atomic E-state index is 0.251. The van der Waals surface area contributed by atoms with Crippen LogP contribution < -0.4 is 5.32 Å². The van der Waals surface area contributed by atoms with Crippen LogP contribution in [0.5, 0.6) is 0 Å². The molecule has 0 aromatic heterocycles. The molecule has 1 N–H and O–H groups in total. The monoisotopic (exact) mass is 175 g/mol. The van der Waals surface area contributed by atoms with E-state index in [0.717, 1.165) is 0 Å². The summed E-state index contributed by atoms with van der Waals surface area (Å²) >= 11 is 0. The first-order valence-corrected chi connectivity index (χ1v) is 5.01. The second-order valence-electron chi connectivity index (χ2n) is 4.26. The fourth-order valence-corrected chi connectivity index (χ4v) is 2.36. The summed E-state index contributed by atoms with van der Waals surface area (Å²) in [6, 6.07) is 11.4. The molecule has 0 saturated carbocycles. The summed E-state index contributed by atoms with van der Waals surface area (Å²) in [6.45, 7) is 6.82. The second-order valence-corrected chi connectivity index (χ2v) is 4.26. The van der Waals surface area contributed by atoms with E-state index in [4.69, 9.17) is 0 Å². The third-order valence-electron chi connectivity index (χ3n) is 3.22. The molecule has 1 aromatic carbocycles. The van der Waals surface area contributed by atoms with E-state index in [2.05, 4.69) is 56.4 Å². The average Bonchev–Trinajstić information content (AvgIpc) is 2.80. The molecule has 0 amide bonds. The Morgan fingerprint density at radius 1 is 1.23 bits per heavy atom. The highest BCUT2D eigenvalue weighted by molar-refractivity contribution is 5.34. The number of hydrogen-bond donors (Lipinski definition) is 1. The van der Waals surface area contributed by atoms with Crippen molar-refractivity contribution in [3.63, 3.8) is 0 Å². The zero-order chi connectivity index (χ0) is 9.47. The third kappa shape index (κ3) is 1.19. The van der Waals surface area contributed by atoms with Crippen LogP contribution >= 0.6 is 0 Å². The summed E-state index contributed by atoms with van der Waals surface area (Å²) in [7, 11) is 0. The lowest BCUT2D eigenvalue weighted by Gasteiger charge is -2.19. The number of benzene rings is 1. The largest absolute Gasteiger partial charge is 0.301 e. The van der Waals surface area contributed by atoms with Crippen molar-refractivity contribution in [1.29, 1.82) is 0 Å². The first-order chi connectivity index (χ1) is 6.18. The van der Waals surface area contributed by atoms with Gasteiger partial charge in [-0.25, -0.2) is 0 Å². The van der Waals surface area contributed by atoms with Crippen LogP contribution in [0.3, 0.4) is 0 Å². The molecule has 0 bridgehead atoms. The highest BCUT2D eigenvalue weighted by Gasteiger charge is 2.53. The SMILES string of the molecule is CC(C)[C@]1(c2ccccc2)N[C@H]1C. The summed E-state index contributed by atoms with van der Waals surface area (Å²) in [5.74, 6) is 0.657. The summed E-state index contributed by atoms with van der Waals surface area (Å²) in [5, 5.41) is 3.56. The van der Waals surface area contributed by atoms with Crippen LogP contribution in [0.25, 0.3) is 0 Å². The van der Waals surface area contributed by atoms with Gasteiger partial charge in [0.05, 0.1) is 5.54 Å². The number of hydrogen-bond acceptors (Lipinski definition) is 1. The van der Waals surface area contributed by atoms with Crippen molar-refractivity contribution in [1.82, 2.24) is 5.32 Å². The Bertz CT molecular complexity index is 291. The molecule has 1 fully saturated rings. The maximum atomic E-state index is 3.56. The van der Waals surface area contributed by atoms with Crippen molar-refractivity contribution < 1.29 is 0 Å². The maximum Gasteiger partial charge on any atom is 0.0613 e. The van der Waals surface area contributed by atoms with Crippen LogP contribution in [-0.2, 0) is 5.54 Å². The van der Waals surface area contributed by atoms with E-state index in [1.165, 1.54) is 5.56 Å². The molecule has 0 unspecified atom stereocenters. The molecule has 1 nitrogen and oxygen atoms in total. The highest BCUT2D eigenvalue weighted by atomic mass is 15.2. The second kappa shape index (κ2) is 2.85. The van der Waals surface area contributed by atoms with Crippen LogP contribution in [0, 0.1) is 5.92 Å². The van der Waals surface area contributed by atoms with Crippen molar-refractivity contribution >= 4 is 0 Å². The molecule has 0 radical (unpaired) electrons. The zero-order valence-corrected chi connectivity index (χ0v) is 8.54. The van der Waals surface area contributed by atoms with E-state index < -0.39 is 0 Å². The van der Waals surface area contributed by atoms with Gasteiger partial charge in [0.15, 0.2) is 0 Å². The molecule has 2 atom stereocenters. The molecule has 1 aliphatic heterocycles. The van der Waals surface area contributed by atoms with E-state index >= 15 is 0 Å². The molecule has 1 aliphatic rings. The normalized spacial score (nSPS) is 32.2. The van der Waals surface area contributed by atoms with E-state index in [0.29, 0.717) is 12.0 Å². The topological polar surface area (TPSA) is 21.9 Å². The molecule has 1 heterocycles. The molecular formula is C12H17N. The molecule has 1 heteroatoms. The van der Waals surface area contributed by atoms with Crippen LogP contribution in [0.15, 0.2) is 30.3 Å². The zero-order valence-electron chi connectivity index (χ0n) is 8.54. The van der Waals surface area contributed by atoms with Gasteiger partial charge in [0, 0.05) is 6.04 Å². The average molecular weight is 175 g/mol. The molecule has 13 heavy (non-hydrogen) atoms. The third-order valence-corrected chi connectivity index (χ3v) is 3.22. The van der Waals surface area contributed by atoms with Gasteiger partial charge in [-0.3, -0.25) is 0 Å². The van der Waals surface area contributed by atoms with E-state index in [-0.39, 0.29) is 5.54 Å². The van der Waals surface area contributed by atoms with Gasteiger partial charge in [-0.1, -0.05) is 44.2 Å². The van der Waals surface area contributed by atoms with Crippen molar-refractivity contribution in [3.05, 3.63) is 35.9 Å². The van der Waals surface area contributed by atoms with Crippen LogP contribution in [0.2, 0.25) is 0 Å². The lowest BCUT2D eigenvalue weighted by Crippen LogP contribution is -2.21. The van der Waals surface area contributed by atoms with Gasteiger partial charge in [-0.2, -0.15) is 0 Å². The van der Waals surface area contributed by atoms with Gasteiger partial charge in [0.25, 0.3) is 0 Å². The Hall–Kier alpha value is -0.820. The smallest absolute Gasteiger partial charge is 0.0613 e. The van der Waals surface area contributed by atoms with Crippen LogP contribution in [0.4, 0.5) is 0 Å². The molecule has 2 rings (SSSR count). The fraction of sp³-hybridized carbons (Fsp3) is 0.500. The quantitative estimate of drug-likeness (QED) is 0.685. The van der Waals surface area contributed by atoms with Gasteiger partial charge in [0.1, 0.15) is 0 Å². The molecule has 1 saturated heterocycles. The van der Waals surface area contributed by atoms with Gasteiger partial charge < -0.3 is 5.32 Å². The Morgan fingerprint density at radius 3 is 2.15 bits per heavy atom. The first kappa shape index (κ1) is 8.76. The van der Waals surface area contributed by atoms with Crippen molar-refractivity contribution in [2.45, 2.75) is 32.4 Å². The Morgan fingerprint density at radius 2 is 1.77 bits per heavy atom. The minimum atomic E-state index is 0.251. The summed E-state index contributed by atoms with van der Waals surface area (Å²) in [6.07, 6.45) is 0. The maximum absolute atomic E-state index is 3.56. The van der Waals surface area contributed by atoms with Crippen molar-refractivity contribution in [2.75, 3.05) is 0 Å². The van der Waals surface area contributed by atoms with Crippen molar-refractivity contribution in [3.8, 4) is 0 Å². The molecular weight excluding hydrogens is 158 g/mol. The summed E-state index contributed by atoms with van der Waals surface area (Å²) < 4.78 is 0. The predicted octanol–water partition coefficient (Wildman–Crippen LogP) is 2.53. The van der Waals surface area contributed by atoms with Gasteiger partial charge in [0.2, 0.25) is 0 Å². The molecule has 70 valence electrons. The van der Waals surface area contributed by atoms with Gasteiger partial charge in [-0.05, 0) is 18.4 Å². The molecule has 1 aromatic rings. The summed E-state index contributed by atoms with van der Waals surface area (Å²) in [5.41, 5.74) is 1.68. The van der Waals surface area contributed by atoms with E-state index in [1.54, 1.807) is 0 Å². The Balaban J connectivity index is 2.35. The lowest BCUT2D eigenvalue weighted by atomic mass is 9.85. The molecule has 0 spiro atoms.